The van der Waals surface area contributed by atoms with Gasteiger partial charge in [0.2, 0.25) is 10.0 Å². The summed E-state index contributed by atoms with van der Waals surface area (Å²) in [4.78, 5) is 4.09. The molecule has 116 valence electrons. The monoisotopic (exact) mass is 320 g/mol. The SMILES string of the molecule is CN(C(C)(C)C#N)S(=O)(=O)c1cnc2onc(C3CC3)c2c1. The minimum absolute atomic E-state index is 0.0379. The molecule has 1 aliphatic rings. The van der Waals surface area contributed by atoms with Gasteiger partial charge in [0.25, 0.3) is 5.71 Å². The molecule has 1 fully saturated rings. The maximum absolute atomic E-state index is 12.7. The lowest BCUT2D eigenvalue weighted by Crippen LogP contribution is -2.43. The molecular formula is C14H16N4O3S. The van der Waals surface area contributed by atoms with Crippen molar-refractivity contribution in [3.8, 4) is 6.07 Å². The van der Waals surface area contributed by atoms with Crippen molar-refractivity contribution in [3.63, 3.8) is 0 Å². The van der Waals surface area contributed by atoms with Crippen molar-refractivity contribution < 1.29 is 12.9 Å². The van der Waals surface area contributed by atoms with Crippen LogP contribution < -0.4 is 0 Å². The second-order valence-electron chi connectivity index (χ2n) is 6.01. The molecule has 2 aromatic heterocycles. The van der Waals surface area contributed by atoms with Crippen LogP contribution in [-0.4, -0.2) is 35.5 Å². The molecule has 0 bridgehead atoms. The van der Waals surface area contributed by atoms with Gasteiger partial charge in [-0.2, -0.15) is 9.57 Å². The number of fused-ring (bicyclic) bond motifs is 1. The van der Waals surface area contributed by atoms with Crippen molar-refractivity contribution in [2.45, 2.75) is 43.0 Å². The first-order chi connectivity index (χ1) is 10.3. The van der Waals surface area contributed by atoms with Crippen molar-refractivity contribution in [2.24, 2.45) is 0 Å². The number of sulfonamides is 1. The first kappa shape index (κ1) is 14.9. The number of nitrogens with zero attached hydrogens (tertiary/aromatic N) is 4. The fraction of sp³-hybridized carbons (Fsp3) is 0.500. The van der Waals surface area contributed by atoms with Crippen LogP contribution in [0.15, 0.2) is 21.7 Å². The molecule has 0 N–H and O–H groups in total. The summed E-state index contributed by atoms with van der Waals surface area (Å²) in [5.41, 5.74) is -0.0494. The lowest BCUT2D eigenvalue weighted by molar-refractivity contribution is 0.337. The average molecular weight is 320 g/mol. The highest BCUT2D eigenvalue weighted by Crippen LogP contribution is 2.42. The number of pyridine rings is 1. The molecule has 7 nitrogen and oxygen atoms in total. The zero-order chi connectivity index (χ0) is 16.1. The van der Waals surface area contributed by atoms with E-state index >= 15 is 0 Å². The van der Waals surface area contributed by atoms with Crippen molar-refractivity contribution >= 4 is 21.1 Å². The second-order valence-corrected chi connectivity index (χ2v) is 7.98. The molecule has 0 unspecified atom stereocenters. The van der Waals surface area contributed by atoms with Gasteiger partial charge in [0.15, 0.2) is 0 Å². The number of nitriles is 1. The molecule has 0 aliphatic heterocycles. The zero-order valence-electron chi connectivity index (χ0n) is 12.6. The van der Waals surface area contributed by atoms with Gasteiger partial charge in [0.1, 0.15) is 10.4 Å². The van der Waals surface area contributed by atoms with E-state index in [1.807, 2.05) is 6.07 Å². The third-order valence-electron chi connectivity index (χ3n) is 4.02. The quantitative estimate of drug-likeness (QED) is 0.854. The summed E-state index contributed by atoms with van der Waals surface area (Å²) in [6.45, 7) is 3.09. The summed E-state index contributed by atoms with van der Waals surface area (Å²) in [6, 6.07) is 3.52. The topological polar surface area (TPSA) is 100 Å². The number of hydrogen-bond acceptors (Lipinski definition) is 6. The molecule has 0 spiro atoms. The average Bonchev–Trinajstić information content (AvgIpc) is 3.25. The van der Waals surface area contributed by atoms with Gasteiger partial charge in [-0.05, 0) is 32.8 Å². The van der Waals surface area contributed by atoms with E-state index in [-0.39, 0.29) is 4.90 Å². The minimum atomic E-state index is -3.82. The largest absolute Gasteiger partial charge is 0.336 e. The van der Waals surface area contributed by atoms with Crippen LogP contribution in [0, 0.1) is 11.3 Å². The fourth-order valence-corrected chi connectivity index (χ4v) is 3.56. The Bertz CT molecular complexity index is 875. The summed E-state index contributed by atoms with van der Waals surface area (Å²) >= 11 is 0. The Hall–Kier alpha value is -1.98. The van der Waals surface area contributed by atoms with Crippen LogP contribution in [-0.2, 0) is 10.0 Å². The van der Waals surface area contributed by atoms with Gasteiger partial charge in [-0.1, -0.05) is 5.16 Å². The van der Waals surface area contributed by atoms with E-state index < -0.39 is 15.6 Å². The Balaban J connectivity index is 2.09. The molecule has 0 amide bonds. The van der Waals surface area contributed by atoms with E-state index in [1.54, 1.807) is 13.8 Å². The lowest BCUT2D eigenvalue weighted by Gasteiger charge is -2.27. The third kappa shape index (κ3) is 2.26. The van der Waals surface area contributed by atoms with Gasteiger partial charge in [-0.3, -0.25) is 0 Å². The van der Waals surface area contributed by atoms with Crippen LogP contribution in [0.3, 0.4) is 0 Å². The van der Waals surface area contributed by atoms with E-state index in [0.717, 1.165) is 22.8 Å². The van der Waals surface area contributed by atoms with Crippen molar-refractivity contribution in [3.05, 3.63) is 18.0 Å². The zero-order valence-corrected chi connectivity index (χ0v) is 13.4. The molecule has 0 saturated heterocycles. The first-order valence-electron chi connectivity index (χ1n) is 6.93. The van der Waals surface area contributed by atoms with Gasteiger partial charge in [0.05, 0.1) is 23.3 Å². The summed E-state index contributed by atoms with van der Waals surface area (Å²) in [6.07, 6.45) is 3.30. The van der Waals surface area contributed by atoms with E-state index in [2.05, 4.69) is 10.1 Å². The first-order valence-corrected chi connectivity index (χ1v) is 8.37. The highest BCUT2D eigenvalue weighted by Gasteiger charge is 2.35. The molecule has 3 rings (SSSR count). The molecule has 8 heteroatoms. The van der Waals surface area contributed by atoms with Crippen LogP contribution in [0.2, 0.25) is 0 Å². The van der Waals surface area contributed by atoms with Crippen LogP contribution in [0.1, 0.15) is 38.3 Å². The second kappa shape index (κ2) is 4.76. The van der Waals surface area contributed by atoms with Crippen LogP contribution in [0.5, 0.6) is 0 Å². The Morgan fingerprint density at radius 1 is 1.45 bits per heavy atom. The van der Waals surface area contributed by atoms with E-state index in [0.29, 0.717) is 17.0 Å². The van der Waals surface area contributed by atoms with Gasteiger partial charge in [-0.15, -0.1) is 0 Å². The Labute approximate surface area is 128 Å². The molecule has 0 radical (unpaired) electrons. The normalized spacial score (nSPS) is 16.1. The van der Waals surface area contributed by atoms with Crippen LogP contribution in [0.4, 0.5) is 0 Å². The van der Waals surface area contributed by atoms with Crippen molar-refractivity contribution in [1.82, 2.24) is 14.4 Å². The molecular weight excluding hydrogens is 304 g/mol. The molecule has 0 aromatic carbocycles. The van der Waals surface area contributed by atoms with Gasteiger partial charge in [-0.25, -0.2) is 13.4 Å². The number of aromatic nitrogens is 2. The standard InChI is InChI=1S/C14H16N4O3S/c1-14(2,8-15)18(3)22(19,20)10-6-11-12(9-4-5-9)17-21-13(11)16-7-10/h6-7,9H,4-5H2,1-3H3. The van der Waals surface area contributed by atoms with E-state index in [1.165, 1.54) is 19.3 Å². The van der Waals surface area contributed by atoms with E-state index in [9.17, 15) is 8.42 Å². The van der Waals surface area contributed by atoms with Crippen molar-refractivity contribution in [2.75, 3.05) is 7.05 Å². The summed E-state index contributed by atoms with van der Waals surface area (Å²) in [7, 11) is -2.43. The highest BCUT2D eigenvalue weighted by atomic mass is 32.2. The Kier molecular flexibility index (Phi) is 3.23. The maximum atomic E-state index is 12.7. The predicted octanol–water partition coefficient (Wildman–Crippen LogP) is 2.02. The summed E-state index contributed by atoms with van der Waals surface area (Å²) < 4.78 is 31.6. The lowest BCUT2D eigenvalue weighted by atomic mass is 10.1. The Morgan fingerprint density at radius 2 is 2.14 bits per heavy atom. The maximum Gasteiger partial charge on any atom is 0.258 e. The predicted molar refractivity (Wildman–Crippen MR) is 78.4 cm³/mol. The molecule has 2 aromatic rings. The molecule has 1 aliphatic carbocycles. The van der Waals surface area contributed by atoms with Gasteiger partial charge in [0, 0.05) is 13.0 Å². The fourth-order valence-electron chi connectivity index (χ4n) is 2.15. The van der Waals surface area contributed by atoms with Crippen LogP contribution >= 0.6 is 0 Å². The molecule has 2 heterocycles. The van der Waals surface area contributed by atoms with Gasteiger partial charge < -0.3 is 4.52 Å². The smallest absolute Gasteiger partial charge is 0.258 e. The van der Waals surface area contributed by atoms with Gasteiger partial charge >= 0.3 is 0 Å². The number of rotatable bonds is 4. The Morgan fingerprint density at radius 3 is 2.73 bits per heavy atom. The van der Waals surface area contributed by atoms with Crippen LogP contribution in [0.25, 0.3) is 11.1 Å². The van der Waals surface area contributed by atoms with Crippen molar-refractivity contribution in [1.29, 1.82) is 5.26 Å². The molecule has 22 heavy (non-hydrogen) atoms. The minimum Gasteiger partial charge on any atom is -0.336 e. The third-order valence-corrected chi connectivity index (χ3v) is 6.01. The highest BCUT2D eigenvalue weighted by molar-refractivity contribution is 7.89. The molecule has 1 saturated carbocycles. The summed E-state index contributed by atoms with van der Waals surface area (Å²) in [5, 5.41) is 13.8. The molecule has 0 atom stereocenters. The summed E-state index contributed by atoms with van der Waals surface area (Å²) in [5.74, 6) is 0.328. The van der Waals surface area contributed by atoms with E-state index in [4.69, 9.17) is 9.78 Å². The number of hydrogen-bond donors (Lipinski definition) is 0.